The normalized spacial score (nSPS) is 11.1. The predicted molar refractivity (Wildman–Crippen MR) is 145 cm³/mol. The van der Waals surface area contributed by atoms with Crippen molar-refractivity contribution in [3.8, 4) is 17.2 Å². The van der Waals surface area contributed by atoms with Gasteiger partial charge in [-0.25, -0.2) is 4.79 Å². The first-order valence-corrected chi connectivity index (χ1v) is 14.5. The summed E-state index contributed by atoms with van der Waals surface area (Å²) >= 11 is 0. The van der Waals surface area contributed by atoms with E-state index in [4.69, 9.17) is 9.47 Å². The number of phenols is 1. The third-order valence-electron chi connectivity index (χ3n) is 6.69. The first kappa shape index (κ1) is 31.1. The molecule has 0 saturated carbocycles. The van der Waals surface area contributed by atoms with Crippen molar-refractivity contribution < 1.29 is 24.5 Å². The highest BCUT2D eigenvalue weighted by Crippen LogP contribution is 2.43. The summed E-state index contributed by atoms with van der Waals surface area (Å²) in [5.41, 5.74) is 2.10. The van der Waals surface area contributed by atoms with Gasteiger partial charge < -0.3 is 19.7 Å². The van der Waals surface area contributed by atoms with Crippen molar-refractivity contribution in [1.82, 2.24) is 0 Å². The number of benzene rings is 1. The van der Waals surface area contributed by atoms with Crippen LogP contribution in [0.2, 0.25) is 0 Å². The van der Waals surface area contributed by atoms with Crippen LogP contribution < -0.4 is 9.47 Å². The fourth-order valence-corrected chi connectivity index (χ4v) is 4.60. The van der Waals surface area contributed by atoms with E-state index in [1.807, 2.05) is 0 Å². The molecule has 0 saturated heterocycles. The Morgan fingerprint density at radius 3 is 1.74 bits per heavy atom. The van der Waals surface area contributed by atoms with Gasteiger partial charge in [0.05, 0.1) is 6.61 Å². The Labute approximate surface area is 214 Å². The molecule has 35 heavy (non-hydrogen) atoms. The van der Waals surface area contributed by atoms with Crippen LogP contribution in [0.4, 0.5) is 4.79 Å². The minimum Gasteiger partial charge on any atom is -0.502 e. The summed E-state index contributed by atoms with van der Waals surface area (Å²) in [7, 11) is 0. The first-order chi connectivity index (χ1) is 17.0. The van der Waals surface area contributed by atoms with Crippen LogP contribution in [0.3, 0.4) is 0 Å². The van der Waals surface area contributed by atoms with Crippen LogP contribution in [0.25, 0.3) is 0 Å². The first-order valence-electron chi connectivity index (χ1n) is 14.5. The molecule has 5 heteroatoms. The van der Waals surface area contributed by atoms with Crippen molar-refractivity contribution in [2.24, 2.45) is 0 Å². The maximum absolute atomic E-state index is 11.3. The average Bonchev–Trinajstić information content (AvgIpc) is 2.83. The van der Waals surface area contributed by atoms with Crippen molar-refractivity contribution in [3.05, 3.63) is 17.2 Å². The monoisotopic (exact) mass is 492 g/mol. The van der Waals surface area contributed by atoms with Crippen molar-refractivity contribution in [2.45, 2.75) is 143 Å². The van der Waals surface area contributed by atoms with Gasteiger partial charge in [0, 0.05) is 5.56 Å². The molecule has 0 heterocycles. The lowest BCUT2D eigenvalue weighted by atomic mass is 9.94. The van der Waals surface area contributed by atoms with Crippen LogP contribution in [0.15, 0.2) is 6.07 Å². The number of hydrogen-bond donors (Lipinski definition) is 2. The Hall–Kier alpha value is -1.91. The van der Waals surface area contributed by atoms with E-state index in [-0.39, 0.29) is 11.5 Å². The summed E-state index contributed by atoms with van der Waals surface area (Å²) in [6.07, 6.45) is 20.3. The summed E-state index contributed by atoms with van der Waals surface area (Å²) in [6.45, 7) is 7.17. The van der Waals surface area contributed by atoms with Gasteiger partial charge in [0.1, 0.15) is 0 Å². The molecule has 2 N–H and O–H groups in total. The van der Waals surface area contributed by atoms with Gasteiger partial charge in [-0.3, -0.25) is 0 Å². The third kappa shape index (κ3) is 13.7. The van der Waals surface area contributed by atoms with E-state index >= 15 is 0 Å². The highest BCUT2D eigenvalue weighted by molar-refractivity contribution is 5.67. The lowest BCUT2D eigenvalue weighted by Gasteiger charge is -2.19. The fraction of sp³-hybridized carbons (Fsp3) is 0.767. The third-order valence-corrected chi connectivity index (χ3v) is 6.69. The molecule has 0 atom stereocenters. The zero-order chi connectivity index (χ0) is 25.7. The summed E-state index contributed by atoms with van der Waals surface area (Å²) in [5.74, 6) is 0.258. The number of carbonyl (C=O) groups is 1. The second-order valence-corrected chi connectivity index (χ2v) is 9.86. The van der Waals surface area contributed by atoms with Crippen molar-refractivity contribution in [3.63, 3.8) is 0 Å². The number of rotatable bonds is 22. The van der Waals surface area contributed by atoms with Crippen LogP contribution in [0.5, 0.6) is 17.2 Å². The lowest BCUT2D eigenvalue weighted by Crippen LogP contribution is -2.08. The van der Waals surface area contributed by atoms with E-state index in [1.165, 1.54) is 70.6 Å². The van der Waals surface area contributed by atoms with Gasteiger partial charge in [-0.1, -0.05) is 111 Å². The van der Waals surface area contributed by atoms with E-state index in [0.29, 0.717) is 12.4 Å². The molecule has 1 aromatic rings. The van der Waals surface area contributed by atoms with Gasteiger partial charge in [0.2, 0.25) is 5.75 Å². The second kappa shape index (κ2) is 20.3. The summed E-state index contributed by atoms with van der Waals surface area (Å²) in [5, 5.41) is 20.1. The number of ether oxygens (including phenoxy) is 2. The smallest absolute Gasteiger partial charge is 0.502 e. The zero-order valence-electron chi connectivity index (χ0n) is 22.8. The SMILES string of the molecule is CCCCCCCCc1cc(OC(=O)O)c(O)c(OCCCCCCC)c1CCCCCCCC. The van der Waals surface area contributed by atoms with Crippen molar-refractivity contribution in [2.75, 3.05) is 6.61 Å². The summed E-state index contributed by atoms with van der Waals surface area (Å²) < 4.78 is 11.1. The van der Waals surface area contributed by atoms with E-state index in [0.717, 1.165) is 62.5 Å². The number of carboxylic acid groups (broad SMARTS) is 1. The predicted octanol–water partition coefficient (Wildman–Crippen LogP) is 9.60. The second-order valence-electron chi connectivity index (χ2n) is 9.86. The lowest BCUT2D eigenvalue weighted by molar-refractivity contribution is 0.142. The average molecular weight is 493 g/mol. The van der Waals surface area contributed by atoms with Gasteiger partial charge in [0.25, 0.3) is 0 Å². The fourth-order valence-electron chi connectivity index (χ4n) is 4.60. The number of unbranched alkanes of at least 4 members (excludes halogenated alkanes) is 14. The van der Waals surface area contributed by atoms with Crippen molar-refractivity contribution in [1.29, 1.82) is 0 Å². The molecule has 0 radical (unpaired) electrons. The molecule has 1 rings (SSSR count). The van der Waals surface area contributed by atoms with Crippen LogP contribution >= 0.6 is 0 Å². The van der Waals surface area contributed by atoms with E-state index in [2.05, 4.69) is 20.8 Å². The molecule has 0 unspecified atom stereocenters. The Balaban J connectivity index is 3.01. The number of aryl methyl sites for hydroxylation is 1. The van der Waals surface area contributed by atoms with Crippen molar-refractivity contribution >= 4 is 6.16 Å². The van der Waals surface area contributed by atoms with Gasteiger partial charge >= 0.3 is 6.16 Å². The Morgan fingerprint density at radius 2 is 1.20 bits per heavy atom. The summed E-state index contributed by atoms with van der Waals surface area (Å²) in [6, 6.07) is 1.73. The molecule has 0 aliphatic rings. The van der Waals surface area contributed by atoms with E-state index in [9.17, 15) is 15.0 Å². The molecule has 0 aliphatic carbocycles. The molecule has 0 aliphatic heterocycles. The highest BCUT2D eigenvalue weighted by atomic mass is 16.7. The molecular formula is C30H52O5. The largest absolute Gasteiger partial charge is 0.511 e. The molecule has 0 fully saturated rings. The topological polar surface area (TPSA) is 76.0 Å². The Kier molecular flexibility index (Phi) is 18.0. The molecule has 5 nitrogen and oxygen atoms in total. The van der Waals surface area contributed by atoms with E-state index < -0.39 is 6.16 Å². The number of phenolic OH excluding ortho intramolecular Hbond substituents is 1. The van der Waals surface area contributed by atoms with Crippen LogP contribution in [-0.2, 0) is 12.8 Å². The molecule has 0 bridgehead atoms. The molecule has 0 aromatic heterocycles. The minimum absolute atomic E-state index is 0.00818. The van der Waals surface area contributed by atoms with Gasteiger partial charge in [0.15, 0.2) is 11.5 Å². The number of aromatic hydroxyl groups is 1. The molecular weight excluding hydrogens is 440 g/mol. The highest BCUT2D eigenvalue weighted by Gasteiger charge is 2.21. The van der Waals surface area contributed by atoms with Crippen LogP contribution in [-0.4, -0.2) is 23.0 Å². The molecule has 0 amide bonds. The Bertz CT molecular complexity index is 686. The quantitative estimate of drug-likeness (QED) is 0.0957. The zero-order valence-corrected chi connectivity index (χ0v) is 22.8. The molecule has 202 valence electrons. The van der Waals surface area contributed by atoms with E-state index in [1.54, 1.807) is 6.07 Å². The van der Waals surface area contributed by atoms with Crippen LogP contribution in [0, 0.1) is 0 Å². The van der Waals surface area contributed by atoms with Gasteiger partial charge in [-0.2, -0.15) is 0 Å². The summed E-state index contributed by atoms with van der Waals surface area (Å²) in [4.78, 5) is 11.3. The Morgan fingerprint density at radius 1 is 0.714 bits per heavy atom. The van der Waals surface area contributed by atoms with Crippen LogP contribution in [0.1, 0.15) is 141 Å². The molecule has 1 aromatic carbocycles. The minimum atomic E-state index is -1.42. The maximum atomic E-state index is 11.3. The molecule has 0 spiro atoms. The van der Waals surface area contributed by atoms with Gasteiger partial charge in [-0.05, 0) is 43.7 Å². The van der Waals surface area contributed by atoms with Gasteiger partial charge in [-0.15, -0.1) is 0 Å². The maximum Gasteiger partial charge on any atom is 0.511 e. The number of hydrogen-bond acceptors (Lipinski definition) is 4. The standard InChI is InChI=1S/C30H52O5/c1-4-7-10-13-15-18-21-25-24-27(35-30(32)33)28(31)29(34-23-20-17-12-9-6-3)26(25)22-19-16-14-11-8-5-2/h24,31H,4-23H2,1-3H3,(H,32,33).